The molecule has 104 valence electrons. The fourth-order valence-corrected chi connectivity index (χ4v) is 3.24. The summed E-state index contributed by atoms with van der Waals surface area (Å²) >= 11 is 0. The fraction of sp³-hybridized carbons (Fsp3) is 0.625. The van der Waals surface area contributed by atoms with Gasteiger partial charge in [-0.05, 0) is 32.9 Å². The van der Waals surface area contributed by atoms with E-state index in [1.807, 2.05) is 7.05 Å². The van der Waals surface area contributed by atoms with E-state index in [1.165, 1.54) is 17.5 Å². The zero-order valence-corrected chi connectivity index (χ0v) is 11.8. The summed E-state index contributed by atoms with van der Waals surface area (Å²) in [5, 5.41) is 3.44. The van der Waals surface area contributed by atoms with Gasteiger partial charge in [-0.25, -0.2) is 0 Å². The summed E-state index contributed by atoms with van der Waals surface area (Å²) in [6.45, 7) is 3.89. The second-order valence-corrected chi connectivity index (χ2v) is 5.75. The molecule has 0 spiro atoms. The van der Waals surface area contributed by atoms with Gasteiger partial charge in [0, 0.05) is 30.6 Å². The van der Waals surface area contributed by atoms with Crippen LogP contribution in [-0.2, 0) is 4.74 Å². The van der Waals surface area contributed by atoms with Crippen LogP contribution in [-0.4, -0.2) is 26.4 Å². The number of benzene rings is 1. The van der Waals surface area contributed by atoms with E-state index in [9.17, 15) is 0 Å². The van der Waals surface area contributed by atoms with Crippen LogP contribution in [0, 0.1) is 12.8 Å². The van der Waals surface area contributed by atoms with Crippen molar-refractivity contribution in [3.8, 4) is 5.75 Å². The third-order valence-corrected chi connectivity index (χ3v) is 4.36. The van der Waals surface area contributed by atoms with Gasteiger partial charge in [0.1, 0.15) is 11.9 Å². The van der Waals surface area contributed by atoms with E-state index in [4.69, 9.17) is 9.47 Å². The van der Waals surface area contributed by atoms with E-state index in [-0.39, 0.29) is 6.10 Å². The molecular weight excluding hydrogens is 238 g/mol. The number of hydrogen-bond acceptors (Lipinski definition) is 3. The summed E-state index contributed by atoms with van der Waals surface area (Å²) in [6.07, 6.45) is 3.71. The number of aryl methyl sites for hydroxylation is 1. The molecule has 3 unspecified atom stereocenters. The topological polar surface area (TPSA) is 30.5 Å². The molecule has 19 heavy (non-hydrogen) atoms. The van der Waals surface area contributed by atoms with Crippen LogP contribution in [0.2, 0.25) is 0 Å². The molecule has 0 aliphatic carbocycles. The van der Waals surface area contributed by atoms with E-state index in [0.29, 0.717) is 12.0 Å². The Morgan fingerprint density at radius 2 is 2.21 bits per heavy atom. The lowest BCUT2D eigenvalue weighted by Crippen LogP contribution is -2.39. The quantitative estimate of drug-likeness (QED) is 0.888. The van der Waals surface area contributed by atoms with Gasteiger partial charge in [-0.2, -0.15) is 0 Å². The lowest BCUT2D eigenvalue weighted by atomic mass is 9.86. The number of nitrogens with one attached hydrogen (secondary N) is 1. The molecule has 1 saturated heterocycles. The van der Waals surface area contributed by atoms with Crippen LogP contribution in [0.1, 0.15) is 36.4 Å². The van der Waals surface area contributed by atoms with Crippen molar-refractivity contribution in [3.05, 3.63) is 29.3 Å². The van der Waals surface area contributed by atoms with Crippen LogP contribution < -0.4 is 10.1 Å². The lowest BCUT2D eigenvalue weighted by molar-refractivity contribution is -0.0107. The first-order valence-electron chi connectivity index (χ1n) is 7.30. The molecule has 0 saturated carbocycles. The normalized spacial score (nSPS) is 30.5. The summed E-state index contributed by atoms with van der Waals surface area (Å²) in [6, 6.07) is 6.89. The van der Waals surface area contributed by atoms with Crippen molar-refractivity contribution in [2.24, 2.45) is 5.92 Å². The monoisotopic (exact) mass is 261 g/mol. The molecule has 1 fully saturated rings. The van der Waals surface area contributed by atoms with Gasteiger partial charge < -0.3 is 14.8 Å². The molecule has 3 rings (SSSR count). The Balaban J connectivity index is 1.83. The van der Waals surface area contributed by atoms with Crippen LogP contribution >= 0.6 is 0 Å². The summed E-state index contributed by atoms with van der Waals surface area (Å²) in [4.78, 5) is 0. The summed E-state index contributed by atoms with van der Waals surface area (Å²) < 4.78 is 11.8. The zero-order chi connectivity index (χ0) is 13.2. The molecule has 0 amide bonds. The molecule has 0 radical (unpaired) electrons. The SMILES string of the molecule is CNC1CC(C2CCCOC2)Oc2ccc(C)cc21. The second kappa shape index (κ2) is 5.51. The Morgan fingerprint density at radius 3 is 2.95 bits per heavy atom. The van der Waals surface area contributed by atoms with Gasteiger partial charge in [0.25, 0.3) is 0 Å². The molecule has 0 bridgehead atoms. The van der Waals surface area contributed by atoms with Gasteiger partial charge in [0.15, 0.2) is 0 Å². The number of fused-ring (bicyclic) bond motifs is 1. The first-order chi connectivity index (χ1) is 9.28. The smallest absolute Gasteiger partial charge is 0.124 e. The molecule has 1 aromatic rings. The molecule has 0 aromatic heterocycles. The minimum atomic E-state index is 0.285. The molecule has 3 heteroatoms. The van der Waals surface area contributed by atoms with E-state index in [1.54, 1.807) is 0 Å². The average Bonchev–Trinajstić information content (AvgIpc) is 2.47. The standard InChI is InChI=1S/C16H23NO2/c1-11-5-6-15-13(8-11)14(17-2)9-16(19-15)12-4-3-7-18-10-12/h5-6,8,12,14,16-17H,3-4,7,9-10H2,1-2H3. The third-order valence-electron chi connectivity index (χ3n) is 4.36. The van der Waals surface area contributed by atoms with Gasteiger partial charge in [-0.15, -0.1) is 0 Å². The highest BCUT2D eigenvalue weighted by Crippen LogP contribution is 2.38. The van der Waals surface area contributed by atoms with E-state index in [2.05, 4.69) is 30.4 Å². The first kappa shape index (κ1) is 12.9. The van der Waals surface area contributed by atoms with Crippen LogP contribution in [0.4, 0.5) is 0 Å². The Morgan fingerprint density at radius 1 is 1.32 bits per heavy atom. The fourth-order valence-electron chi connectivity index (χ4n) is 3.24. The van der Waals surface area contributed by atoms with Crippen molar-refractivity contribution in [2.45, 2.75) is 38.3 Å². The van der Waals surface area contributed by atoms with Gasteiger partial charge in [0.2, 0.25) is 0 Å². The lowest BCUT2D eigenvalue weighted by Gasteiger charge is -2.37. The highest BCUT2D eigenvalue weighted by atomic mass is 16.5. The van der Waals surface area contributed by atoms with E-state index >= 15 is 0 Å². The molecule has 3 nitrogen and oxygen atoms in total. The Labute approximate surface area is 115 Å². The highest BCUT2D eigenvalue weighted by Gasteiger charge is 2.33. The molecule has 2 aliphatic rings. The van der Waals surface area contributed by atoms with Crippen molar-refractivity contribution >= 4 is 0 Å². The predicted molar refractivity (Wildman–Crippen MR) is 75.6 cm³/mol. The maximum absolute atomic E-state index is 6.24. The summed E-state index contributed by atoms with van der Waals surface area (Å²) in [5.74, 6) is 1.59. The van der Waals surface area contributed by atoms with Crippen LogP contribution in [0.3, 0.4) is 0 Å². The minimum absolute atomic E-state index is 0.285. The second-order valence-electron chi connectivity index (χ2n) is 5.75. The number of ether oxygens (including phenoxy) is 2. The van der Waals surface area contributed by atoms with Crippen molar-refractivity contribution in [3.63, 3.8) is 0 Å². The molecule has 1 N–H and O–H groups in total. The first-order valence-corrected chi connectivity index (χ1v) is 7.30. The Hall–Kier alpha value is -1.06. The van der Waals surface area contributed by atoms with Crippen molar-refractivity contribution < 1.29 is 9.47 Å². The molecule has 1 aromatic carbocycles. The van der Waals surface area contributed by atoms with Gasteiger partial charge >= 0.3 is 0 Å². The van der Waals surface area contributed by atoms with Gasteiger partial charge in [0.05, 0.1) is 6.61 Å². The molecular formula is C16H23NO2. The zero-order valence-electron chi connectivity index (χ0n) is 11.8. The van der Waals surface area contributed by atoms with E-state index < -0.39 is 0 Å². The largest absolute Gasteiger partial charge is 0.490 e. The Kier molecular flexibility index (Phi) is 3.76. The van der Waals surface area contributed by atoms with E-state index in [0.717, 1.165) is 31.8 Å². The maximum Gasteiger partial charge on any atom is 0.124 e. The molecule has 3 atom stereocenters. The number of rotatable bonds is 2. The minimum Gasteiger partial charge on any atom is -0.490 e. The van der Waals surface area contributed by atoms with Crippen molar-refractivity contribution in [1.29, 1.82) is 0 Å². The highest BCUT2D eigenvalue weighted by molar-refractivity contribution is 5.41. The third kappa shape index (κ3) is 2.63. The van der Waals surface area contributed by atoms with Crippen LogP contribution in [0.15, 0.2) is 18.2 Å². The summed E-state index contributed by atoms with van der Waals surface area (Å²) in [7, 11) is 2.04. The van der Waals surface area contributed by atoms with Crippen molar-refractivity contribution in [1.82, 2.24) is 5.32 Å². The maximum atomic E-state index is 6.24. The predicted octanol–water partition coefficient (Wildman–Crippen LogP) is 2.83. The van der Waals surface area contributed by atoms with Crippen LogP contribution in [0.25, 0.3) is 0 Å². The average molecular weight is 261 g/mol. The molecule has 2 aliphatic heterocycles. The van der Waals surface area contributed by atoms with Crippen LogP contribution in [0.5, 0.6) is 5.75 Å². The number of hydrogen-bond donors (Lipinski definition) is 1. The van der Waals surface area contributed by atoms with Gasteiger partial charge in [-0.3, -0.25) is 0 Å². The Bertz CT molecular complexity index is 440. The molecule has 2 heterocycles. The summed E-state index contributed by atoms with van der Waals surface area (Å²) in [5.41, 5.74) is 2.59. The van der Waals surface area contributed by atoms with Gasteiger partial charge in [-0.1, -0.05) is 17.7 Å². The van der Waals surface area contributed by atoms with Crippen molar-refractivity contribution in [2.75, 3.05) is 20.3 Å².